The Kier molecular flexibility index (Phi) is 8.78. The van der Waals surface area contributed by atoms with Gasteiger partial charge in [0.25, 0.3) is 5.91 Å². The SMILES string of the molecule is Cc1ccc(CNC(=O)c2cc(-c3ncccc3COC(=O)[C@@H](N)CS)ccc2OCC2CC2)cc1F. The lowest BCUT2D eigenvalue weighted by molar-refractivity contribution is -0.145. The van der Waals surface area contributed by atoms with Gasteiger partial charge in [-0.15, -0.1) is 0 Å². The summed E-state index contributed by atoms with van der Waals surface area (Å²) >= 11 is 4.03. The molecule has 194 valence electrons. The van der Waals surface area contributed by atoms with E-state index in [9.17, 15) is 14.0 Å². The summed E-state index contributed by atoms with van der Waals surface area (Å²) in [6.07, 6.45) is 3.86. The summed E-state index contributed by atoms with van der Waals surface area (Å²) in [7, 11) is 0. The molecule has 1 aliphatic rings. The van der Waals surface area contributed by atoms with E-state index in [2.05, 4.69) is 22.9 Å². The van der Waals surface area contributed by atoms with E-state index in [0.717, 1.165) is 12.8 Å². The fourth-order valence-corrected chi connectivity index (χ4v) is 3.79. The Labute approximate surface area is 221 Å². The van der Waals surface area contributed by atoms with Crippen LogP contribution in [0.5, 0.6) is 5.75 Å². The average Bonchev–Trinajstić information content (AvgIpc) is 3.75. The van der Waals surface area contributed by atoms with E-state index in [1.54, 1.807) is 49.5 Å². The van der Waals surface area contributed by atoms with E-state index in [4.69, 9.17) is 15.2 Å². The highest BCUT2D eigenvalue weighted by atomic mass is 32.1. The van der Waals surface area contributed by atoms with E-state index < -0.39 is 12.0 Å². The zero-order valence-corrected chi connectivity index (χ0v) is 21.5. The Bertz CT molecular complexity index is 1280. The van der Waals surface area contributed by atoms with Gasteiger partial charge in [0.1, 0.15) is 24.2 Å². The van der Waals surface area contributed by atoms with Crippen LogP contribution in [-0.2, 0) is 22.7 Å². The molecule has 1 saturated carbocycles. The molecular weight excluding hydrogens is 493 g/mol. The van der Waals surface area contributed by atoms with Crippen molar-refractivity contribution in [2.75, 3.05) is 12.4 Å². The first-order valence-electron chi connectivity index (χ1n) is 12.1. The number of esters is 1. The maximum atomic E-state index is 13.9. The second-order valence-corrected chi connectivity index (χ2v) is 9.50. The third-order valence-electron chi connectivity index (χ3n) is 6.12. The molecule has 1 aliphatic carbocycles. The van der Waals surface area contributed by atoms with Crippen molar-refractivity contribution >= 4 is 24.5 Å². The number of nitrogens with zero attached hydrogens (tertiary/aromatic N) is 1. The first-order valence-corrected chi connectivity index (χ1v) is 12.8. The molecule has 0 unspecified atom stereocenters. The van der Waals surface area contributed by atoms with Crippen molar-refractivity contribution < 1.29 is 23.5 Å². The molecule has 0 spiro atoms. The standard InChI is InChI=1S/C28H30FN3O4S/c1-17-4-5-19(11-23(17)29)13-32-27(33)22-12-20(8-9-25(22)35-14-18-6-7-18)26-21(3-2-10-31-26)15-36-28(34)24(30)16-37/h2-5,8-12,18,24,37H,6-7,13-16,30H2,1H3,(H,32,33)/t24-/m0/s1. The minimum Gasteiger partial charge on any atom is -0.492 e. The van der Waals surface area contributed by atoms with Crippen molar-refractivity contribution in [1.82, 2.24) is 10.3 Å². The number of hydrogen-bond donors (Lipinski definition) is 3. The van der Waals surface area contributed by atoms with Crippen molar-refractivity contribution in [3.63, 3.8) is 0 Å². The predicted molar refractivity (Wildman–Crippen MR) is 142 cm³/mol. The van der Waals surface area contributed by atoms with Crippen LogP contribution >= 0.6 is 12.6 Å². The van der Waals surface area contributed by atoms with E-state index >= 15 is 0 Å². The first-order chi connectivity index (χ1) is 17.9. The molecular formula is C28H30FN3O4S. The molecule has 1 aromatic heterocycles. The van der Waals surface area contributed by atoms with E-state index in [0.29, 0.717) is 51.8 Å². The van der Waals surface area contributed by atoms with Crippen molar-refractivity contribution in [1.29, 1.82) is 0 Å². The molecule has 1 heterocycles. The van der Waals surface area contributed by atoms with Crippen LogP contribution in [0, 0.1) is 18.7 Å². The number of rotatable bonds is 11. The van der Waals surface area contributed by atoms with Crippen LogP contribution in [0.15, 0.2) is 54.7 Å². The summed E-state index contributed by atoms with van der Waals surface area (Å²) in [5.41, 5.74) is 9.13. The number of nitrogens with two attached hydrogens (primary N) is 1. The molecule has 0 radical (unpaired) electrons. The molecule has 1 atom stereocenters. The summed E-state index contributed by atoms with van der Waals surface area (Å²) < 4.78 is 25.3. The number of benzene rings is 2. The van der Waals surface area contributed by atoms with E-state index in [-0.39, 0.29) is 30.6 Å². The van der Waals surface area contributed by atoms with Gasteiger partial charge in [-0.25, -0.2) is 4.39 Å². The first kappa shape index (κ1) is 26.6. The maximum Gasteiger partial charge on any atom is 0.324 e. The van der Waals surface area contributed by atoms with Crippen LogP contribution < -0.4 is 15.8 Å². The summed E-state index contributed by atoms with van der Waals surface area (Å²) in [6.45, 7) is 2.37. The fourth-order valence-electron chi connectivity index (χ4n) is 3.64. The third kappa shape index (κ3) is 7.08. The van der Waals surface area contributed by atoms with Gasteiger partial charge < -0.3 is 20.5 Å². The van der Waals surface area contributed by atoms with Gasteiger partial charge in [-0.2, -0.15) is 12.6 Å². The molecule has 1 fully saturated rings. The van der Waals surface area contributed by atoms with Crippen LogP contribution in [0.1, 0.15) is 39.9 Å². The van der Waals surface area contributed by atoms with Gasteiger partial charge in [0.05, 0.1) is 17.9 Å². The van der Waals surface area contributed by atoms with Gasteiger partial charge >= 0.3 is 5.97 Å². The lowest BCUT2D eigenvalue weighted by Crippen LogP contribution is -2.33. The molecule has 0 bridgehead atoms. The quantitative estimate of drug-likeness (QED) is 0.257. The number of halogens is 1. The predicted octanol–water partition coefficient (Wildman–Crippen LogP) is 4.22. The summed E-state index contributed by atoms with van der Waals surface area (Å²) in [5.74, 6) is -0.0764. The summed E-state index contributed by atoms with van der Waals surface area (Å²) in [4.78, 5) is 29.7. The minimum absolute atomic E-state index is 0.0239. The van der Waals surface area contributed by atoms with Crippen LogP contribution in [0.25, 0.3) is 11.3 Å². The number of carbonyl (C=O) groups is 2. The number of aromatic nitrogens is 1. The van der Waals surface area contributed by atoms with Crippen molar-refractivity contribution in [2.24, 2.45) is 11.7 Å². The number of hydrogen-bond acceptors (Lipinski definition) is 7. The number of carbonyl (C=O) groups excluding carboxylic acids is 2. The highest BCUT2D eigenvalue weighted by Crippen LogP contribution is 2.32. The summed E-state index contributed by atoms with van der Waals surface area (Å²) in [6, 6.07) is 12.9. The normalized spacial score (nSPS) is 13.6. The highest BCUT2D eigenvalue weighted by Gasteiger charge is 2.24. The lowest BCUT2D eigenvalue weighted by atomic mass is 10.0. The zero-order chi connectivity index (χ0) is 26.4. The molecule has 2 aromatic carbocycles. The highest BCUT2D eigenvalue weighted by molar-refractivity contribution is 7.80. The van der Waals surface area contributed by atoms with Gasteiger partial charge in [0, 0.05) is 29.6 Å². The Balaban J connectivity index is 1.57. The Hall–Kier alpha value is -3.43. The van der Waals surface area contributed by atoms with E-state index in [1.165, 1.54) is 6.07 Å². The number of amides is 1. The molecule has 3 aromatic rings. The molecule has 9 heteroatoms. The topological polar surface area (TPSA) is 104 Å². The average molecular weight is 524 g/mol. The summed E-state index contributed by atoms with van der Waals surface area (Å²) in [5, 5.41) is 2.86. The number of nitrogens with one attached hydrogen (secondary N) is 1. The molecule has 3 N–H and O–H groups in total. The van der Waals surface area contributed by atoms with Gasteiger partial charge in [-0.3, -0.25) is 14.6 Å². The van der Waals surface area contributed by atoms with Crippen LogP contribution in [0.2, 0.25) is 0 Å². The van der Waals surface area contributed by atoms with Crippen molar-refractivity contribution in [3.8, 4) is 17.0 Å². The molecule has 0 aliphatic heterocycles. The van der Waals surface area contributed by atoms with Crippen molar-refractivity contribution in [2.45, 2.75) is 39.0 Å². The Morgan fingerprint density at radius 3 is 2.76 bits per heavy atom. The zero-order valence-electron chi connectivity index (χ0n) is 20.6. The largest absolute Gasteiger partial charge is 0.492 e. The molecule has 4 rings (SSSR count). The molecule has 0 saturated heterocycles. The van der Waals surface area contributed by atoms with Crippen LogP contribution in [0.3, 0.4) is 0 Å². The number of ether oxygens (including phenoxy) is 2. The maximum absolute atomic E-state index is 13.9. The molecule has 1 amide bonds. The van der Waals surface area contributed by atoms with Crippen LogP contribution in [-0.4, -0.2) is 35.3 Å². The number of thiol groups is 1. The van der Waals surface area contributed by atoms with Gasteiger partial charge in [0.2, 0.25) is 0 Å². The lowest BCUT2D eigenvalue weighted by Gasteiger charge is -2.15. The minimum atomic E-state index is -0.816. The Morgan fingerprint density at radius 1 is 1.22 bits per heavy atom. The number of aryl methyl sites for hydroxylation is 1. The second kappa shape index (κ2) is 12.2. The molecule has 7 nitrogen and oxygen atoms in total. The molecule has 37 heavy (non-hydrogen) atoms. The van der Waals surface area contributed by atoms with E-state index in [1.807, 2.05) is 6.07 Å². The second-order valence-electron chi connectivity index (χ2n) is 9.14. The van der Waals surface area contributed by atoms with Gasteiger partial charge in [-0.1, -0.05) is 18.2 Å². The van der Waals surface area contributed by atoms with Gasteiger partial charge in [-0.05, 0) is 67.1 Å². The van der Waals surface area contributed by atoms with Gasteiger partial charge in [0.15, 0.2) is 0 Å². The Morgan fingerprint density at radius 2 is 2.03 bits per heavy atom. The van der Waals surface area contributed by atoms with Crippen LogP contribution in [0.4, 0.5) is 4.39 Å². The fraction of sp³-hybridized carbons (Fsp3) is 0.321. The number of pyridine rings is 1. The monoisotopic (exact) mass is 523 g/mol. The smallest absolute Gasteiger partial charge is 0.324 e. The van der Waals surface area contributed by atoms with Crippen molar-refractivity contribution in [3.05, 3.63) is 82.8 Å². The third-order valence-corrected chi connectivity index (χ3v) is 6.51.